The van der Waals surface area contributed by atoms with Gasteiger partial charge in [-0.25, -0.2) is 4.98 Å². The summed E-state index contributed by atoms with van der Waals surface area (Å²) < 4.78 is 1.14. The molecule has 0 spiro atoms. The van der Waals surface area contributed by atoms with Gasteiger partial charge in [0.15, 0.2) is 5.82 Å². The standard InChI is InChI=1S/C17H19N3O3/c21-15(22)11-20-8-7-19-16(17(20)23)18-6-5-12-9-13-3-1-2-4-14(13)10-12/h1-4,7-8,12H,5-6,9-11H2,(H,18,19)(H,21,22). The number of carboxylic acid groups (broad SMARTS) is 1. The number of benzene rings is 1. The van der Waals surface area contributed by atoms with Crippen LogP contribution in [-0.4, -0.2) is 27.2 Å². The second kappa shape index (κ2) is 6.64. The Morgan fingerprint density at radius 1 is 1.30 bits per heavy atom. The lowest BCUT2D eigenvalue weighted by Gasteiger charge is -2.11. The van der Waals surface area contributed by atoms with Gasteiger partial charge in [-0.3, -0.25) is 14.2 Å². The van der Waals surface area contributed by atoms with Crippen LogP contribution in [0.2, 0.25) is 0 Å². The fourth-order valence-electron chi connectivity index (χ4n) is 3.09. The van der Waals surface area contributed by atoms with E-state index >= 15 is 0 Å². The van der Waals surface area contributed by atoms with Crippen molar-refractivity contribution >= 4 is 11.8 Å². The Hall–Kier alpha value is -2.63. The molecule has 2 N–H and O–H groups in total. The third-order valence-electron chi connectivity index (χ3n) is 4.20. The highest BCUT2D eigenvalue weighted by Gasteiger charge is 2.20. The molecular formula is C17H19N3O3. The molecule has 2 aromatic rings. The van der Waals surface area contributed by atoms with E-state index in [1.807, 2.05) is 0 Å². The van der Waals surface area contributed by atoms with E-state index in [1.54, 1.807) is 0 Å². The van der Waals surface area contributed by atoms with Gasteiger partial charge in [-0.15, -0.1) is 0 Å². The van der Waals surface area contributed by atoms with Gasteiger partial charge in [-0.2, -0.15) is 0 Å². The quantitative estimate of drug-likeness (QED) is 0.845. The highest BCUT2D eigenvalue weighted by atomic mass is 16.4. The van der Waals surface area contributed by atoms with Crippen LogP contribution in [-0.2, 0) is 24.2 Å². The molecule has 1 aliphatic carbocycles. The van der Waals surface area contributed by atoms with Gasteiger partial charge in [-0.05, 0) is 36.3 Å². The molecule has 3 rings (SSSR count). The summed E-state index contributed by atoms with van der Waals surface area (Å²) in [4.78, 5) is 26.8. The minimum atomic E-state index is -1.05. The van der Waals surface area contributed by atoms with Crippen molar-refractivity contribution in [2.45, 2.75) is 25.8 Å². The van der Waals surface area contributed by atoms with Gasteiger partial charge >= 0.3 is 5.97 Å². The Labute approximate surface area is 133 Å². The number of rotatable bonds is 6. The number of nitrogens with one attached hydrogen (secondary N) is 1. The zero-order valence-corrected chi connectivity index (χ0v) is 12.7. The van der Waals surface area contributed by atoms with E-state index in [2.05, 4.69) is 34.6 Å². The fourth-order valence-corrected chi connectivity index (χ4v) is 3.09. The van der Waals surface area contributed by atoms with Crippen molar-refractivity contribution in [3.63, 3.8) is 0 Å². The summed E-state index contributed by atoms with van der Waals surface area (Å²) in [5.41, 5.74) is 2.43. The summed E-state index contributed by atoms with van der Waals surface area (Å²) in [6, 6.07) is 8.48. The molecule has 6 heteroatoms. The summed E-state index contributed by atoms with van der Waals surface area (Å²) in [6.07, 6.45) is 5.92. The normalized spacial score (nSPS) is 13.7. The van der Waals surface area contributed by atoms with Gasteiger partial charge in [0.05, 0.1) is 0 Å². The van der Waals surface area contributed by atoms with Crippen LogP contribution >= 0.6 is 0 Å². The number of carbonyl (C=O) groups is 1. The lowest BCUT2D eigenvalue weighted by atomic mass is 10.0. The van der Waals surface area contributed by atoms with Gasteiger partial charge in [0, 0.05) is 18.9 Å². The molecule has 6 nitrogen and oxygen atoms in total. The van der Waals surface area contributed by atoms with E-state index in [4.69, 9.17) is 5.11 Å². The maximum absolute atomic E-state index is 12.1. The number of nitrogens with zero attached hydrogens (tertiary/aromatic N) is 2. The SMILES string of the molecule is O=C(O)Cn1ccnc(NCCC2Cc3ccccc3C2)c1=O. The first-order valence-electron chi connectivity index (χ1n) is 7.71. The topological polar surface area (TPSA) is 84.2 Å². The van der Waals surface area contributed by atoms with Gasteiger partial charge in [0.1, 0.15) is 6.54 Å². The first-order valence-corrected chi connectivity index (χ1v) is 7.71. The van der Waals surface area contributed by atoms with Crippen molar-refractivity contribution in [2.24, 2.45) is 5.92 Å². The Bertz CT molecular complexity index is 745. The number of hydrogen-bond acceptors (Lipinski definition) is 4. The van der Waals surface area contributed by atoms with Crippen LogP contribution < -0.4 is 10.9 Å². The van der Waals surface area contributed by atoms with Crippen molar-refractivity contribution in [1.82, 2.24) is 9.55 Å². The van der Waals surface area contributed by atoms with Gasteiger partial charge in [-0.1, -0.05) is 24.3 Å². The van der Waals surface area contributed by atoms with Crippen molar-refractivity contribution in [1.29, 1.82) is 0 Å². The average Bonchev–Trinajstić information content (AvgIpc) is 2.93. The summed E-state index contributed by atoms with van der Waals surface area (Å²) in [6.45, 7) is 0.298. The number of aliphatic carboxylic acids is 1. The molecule has 1 aliphatic rings. The molecule has 0 saturated carbocycles. The van der Waals surface area contributed by atoms with Crippen LogP contribution in [0.1, 0.15) is 17.5 Å². The molecular weight excluding hydrogens is 294 g/mol. The van der Waals surface area contributed by atoms with E-state index in [0.717, 1.165) is 23.8 Å². The summed E-state index contributed by atoms with van der Waals surface area (Å²) in [7, 11) is 0. The van der Waals surface area contributed by atoms with Crippen molar-refractivity contribution < 1.29 is 9.90 Å². The monoisotopic (exact) mass is 313 g/mol. The van der Waals surface area contributed by atoms with E-state index in [1.165, 1.54) is 23.5 Å². The molecule has 1 heterocycles. The third kappa shape index (κ3) is 3.59. The maximum Gasteiger partial charge on any atom is 0.323 e. The first-order chi connectivity index (χ1) is 11.1. The zero-order valence-electron chi connectivity index (χ0n) is 12.7. The third-order valence-corrected chi connectivity index (χ3v) is 4.20. The van der Waals surface area contributed by atoms with Crippen molar-refractivity contribution in [3.8, 4) is 0 Å². The highest BCUT2D eigenvalue weighted by Crippen LogP contribution is 2.28. The molecule has 0 radical (unpaired) electrons. The lowest BCUT2D eigenvalue weighted by Crippen LogP contribution is -2.27. The van der Waals surface area contributed by atoms with Crippen LogP contribution in [0.15, 0.2) is 41.5 Å². The number of anilines is 1. The van der Waals surface area contributed by atoms with Crippen LogP contribution in [0.25, 0.3) is 0 Å². The molecule has 0 aliphatic heterocycles. The molecule has 1 aromatic heterocycles. The fraction of sp³-hybridized carbons (Fsp3) is 0.353. The van der Waals surface area contributed by atoms with E-state index in [-0.39, 0.29) is 12.4 Å². The lowest BCUT2D eigenvalue weighted by molar-refractivity contribution is -0.137. The van der Waals surface area contributed by atoms with Crippen molar-refractivity contribution in [3.05, 3.63) is 58.1 Å². The molecule has 0 saturated heterocycles. The summed E-state index contributed by atoms with van der Waals surface area (Å²) >= 11 is 0. The number of carboxylic acids is 1. The second-order valence-corrected chi connectivity index (χ2v) is 5.86. The van der Waals surface area contributed by atoms with E-state index < -0.39 is 11.5 Å². The summed E-state index contributed by atoms with van der Waals surface area (Å²) in [5.74, 6) is -0.262. The van der Waals surface area contributed by atoms with Gasteiger partial charge in [0.2, 0.25) is 0 Å². The number of aromatic nitrogens is 2. The minimum Gasteiger partial charge on any atom is -0.480 e. The van der Waals surface area contributed by atoms with Crippen molar-refractivity contribution in [2.75, 3.05) is 11.9 Å². The van der Waals surface area contributed by atoms with Crippen LogP contribution in [0.5, 0.6) is 0 Å². The number of hydrogen-bond donors (Lipinski definition) is 2. The molecule has 0 atom stereocenters. The molecule has 0 fully saturated rings. The molecule has 0 amide bonds. The molecule has 0 unspecified atom stereocenters. The molecule has 23 heavy (non-hydrogen) atoms. The summed E-state index contributed by atoms with van der Waals surface area (Å²) in [5, 5.41) is 11.8. The Kier molecular flexibility index (Phi) is 4.41. The maximum atomic E-state index is 12.1. The van der Waals surface area contributed by atoms with Gasteiger partial charge in [0.25, 0.3) is 5.56 Å². The minimum absolute atomic E-state index is 0.212. The first kappa shape index (κ1) is 15.3. The van der Waals surface area contributed by atoms with Crippen LogP contribution in [0.4, 0.5) is 5.82 Å². The number of fused-ring (bicyclic) bond motifs is 1. The Morgan fingerprint density at radius 3 is 2.65 bits per heavy atom. The zero-order chi connectivity index (χ0) is 16.2. The molecule has 120 valence electrons. The van der Waals surface area contributed by atoms with Gasteiger partial charge < -0.3 is 10.4 Å². The molecule has 1 aromatic carbocycles. The predicted molar refractivity (Wildman–Crippen MR) is 86.6 cm³/mol. The largest absolute Gasteiger partial charge is 0.480 e. The molecule has 0 bridgehead atoms. The average molecular weight is 313 g/mol. The van der Waals surface area contributed by atoms with Crippen LogP contribution in [0, 0.1) is 5.92 Å². The Morgan fingerprint density at radius 2 is 2.00 bits per heavy atom. The Balaban J connectivity index is 1.56. The highest BCUT2D eigenvalue weighted by molar-refractivity contribution is 5.66. The predicted octanol–water partition coefficient (Wildman–Crippen LogP) is 1.54. The second-order valence-electron chi connectivity index (χ2n) is 5.86. The van der Waals surface area contributed by atoms with E-state index in [9.17, 15) is 9.59 Å². The van der Waals surface area contributed by atoms with E-state index in [0.29, 0.717) is 12.5 Å². The van der Waals surface area contributed by atoms with Crippen LogP contribution in [0.3, 0.4) is 0 Å². The smallest absolute Gasteiger partial charge is 0.323 e.